The molecule has 5 nitrogen and oxygen atoms in total. The number of benzene rings is 1. The van der Waals surface area contributed by atoms with Crippen molar-refractivity contribution in [3.05, 3.63) is 29.8 Å². The molecule has 0 aliphatic rings. The summed E-state index contributed by atoms with van der Waals surface area (Å²) in [5.41, 5.74) is 12.0. The predicted molar refractivity (Wildman–Crippen MR) is 59.7 cm³/mol. The molecule has 15 heavy (non-hydrogen) atoms. The maximum atomic E-state index is 8.58. The van der Waals surface area contributed by atoms with Gasteiger partial charge in [-0.3, -0.25) is 0 Å². The zero-order chi connectivity index (χ0) is 11.3. The number of aliphatic imine (C=N–C) groups is 2. The fourth-order valence-electron chi connectivity index (χ4n) is 0.948. The van der Waals surface area contributed by atoms with Crippen LogP contribution in [-0.2, 0) is 0 Å². The Morgan fingerprint density at radius 2 is 1.87 bits per heavy atom. The summed E-state index contributed by atoms with van der Waals surface area (Å²) in [6.45, 7) is 1.63. The second-order valence-electron chi connectivity index (χ2n) is 2.88. The first kappa shape index (κ1) is 10.7. The Balaban J connectivity index is 2.90. The van der Waals surface area contributed by atoms with Crippen LogP contribution in [-0.4, -0.2) is 11.8 Å². The molecule has 0 saturated heterocycles. The average molecular weight is 201 g/mol. The van der Waals surface area contributed by atoms with Gasteiger partial charge >= 0.3 is 0 Å². The van der Waals surface area contributed by atoms with Crippen LogP contribution >= 0.6 is 0 Å². The zero-order valence-electron chi connectivity index (χ0n) is 8.31. The lowest BCUT2D eigenvalue weighted by Crippen LogP contribution is -2.15. The summed E-state index contributed by atoms with van der Waals surface area (Å²) in [4.78, 5) is 7.76. The molecular weight excluding hydrogens is 190 g/mol. The van der Waals surface area contributed by atoms with E-state index in [1.54, 1.807) is 31.2 Å². The van der Waals surface area contributed by atoms with Crippen molar-refractivity contribution in [1.82, 2.24) is 0 Å². The van der Waals surface area contributed by atoms with E-state index in [1.807, 2.05) is 6.07 Å². The monoisotopic (exact) mass is 201 g/mol. The Hall–Kier alpha value is -2.35. The number of nitrogens with zero attached hydrogens (tertiary/aromatic N) is 3. The SMILES string of the molecule is CC(N)=NC(N)=Nc1ccc(C#N)cc1. The topological polar surface area (TPSA) is 101 Å². The summed E-state index contributed by atoms with van der Waals surface area (Å²) in [6.07, 6.45) is 0. The summed E-state index contributed by atoms with van der Waals surface area (Å²) in [5, 5.41) is 8.58. The highest BCUT2D eigenvalue weighted by Crippen LogP contribution is 2.12. The van der Waals surface area contributed by atoms with Gasteiger partial charge in [-0.2, -0.15) is 5.26 Å². The third-order valence-corrected chi connectivity index (χ3v) is 1.53. The lowest BCUT2D eigenvalue weighted by molar-refractivity contribution is 1.39. The fourth-order valence-corrected chi connectivity index (χ4v) is 0.948. The van der Waals surface area contributed by atoms with Crippen LogP contribution in [0.2, 0.25) is 0 Å². The number of guanidine groups is 1. The molecule has 0 radical (unpaired) electrons. The molecule has 0 bridgehead atoms. The van der Waals surface area contributed by atoms with Gasteiger partial charge in [-0.05, 0) is 31.2 Å². The number of nitriles is 1. The lowest BCUT2D eigenvalue weighted by Gasteiger charge is -1.95. The van der Waals surface area contributed by atoms with Crippen LogP contribution in [0.3, 0.4) is 0 Å². The van der Waals surface area contributed by atoms with Crippen LogP contribution in [0.1, 0.15) is 12.5 Å². The number of hydrogen-bond donors (Lipinski definition) is 2. The molecule has 0 unspecified atom stereocenters. The van der Waals surface area contributed by atoms with Gasteiger partial charge in [0.25, 0.3) is 0 Å². The van der Waals surface area contributed by atoms with Gasteiger partial charge in [-0.15, -0.1) is 0 Å². The van der Waals surface area contributed by atoms with E-state index in [9.17, 15) is 0 Å². The molecule has 0 amide bonds. The van der Waals surface area contributed by atoms with Gasteiger partial charge in [0, 0.05) is 0 Å². The van der Waals surface area contributed by atoms with Gasteiger partial charge in [-0.25, -0.2) is 9.98 Å². The van der Waals surface area contributed by atoms with Crippen LogP contribution in [0.4, 0.5) is 5.69 Å². The largest absolute Gasteiger partial charge is 0.387 e. The highest BCUT2D eigenvalue weighted by Gasteiger charge is 1.93. The van der Waals surface area contributed by atoms with Crippen molar-refractivity contribution in [3.63, 3.8) is 0 Å². The Bertz CT molecular complexity index is 432. The van der Waals surface area contributed by atoms with Gasteiger partial charge in [-0.1, -0.05) is 0 Å². The Morgan fingerprint density at radius 1 is 1.27 bits per heavy atom. The van der Waals surface area contributed by atoms with Crippen LogP contribution in [0.25, 0.3) is 0 Å². The first-order valence-electron chi connectivity index (χ1n) is 4.27. The molecule has 0 spiro atoms. The molecule has 0 heterocycles. The molecule has 4 N–H and O–H groups in total. The molecular formula is C10H11N5. The molecule has 0 saturated carbocycles. The quantitative estimate of drug-likeness (QED) is 0.521. The smallest absolute Gasteiger partial charge is 0.222 e. The first-order chi connectivity index (χ1) is 7.11. The minimum atomic E-state index is 0.0970. The van der Waals surface area contributed by atoms with Crippen LogP contribution in [0.5, 0.6) is 0 Å². The Kier molecular flexibility index (Phi) is 3.41. The van der Waals surface area contributed by atoms with Crippen LogP contribution < -0.4 is 11.5 Å². The molecule has 0 atom stereocenters. The highest BCUT2D eigenvalue weighted by atomic mass is 15.1. The summed E-state index contributed by atoms with van der Waals surface area (Å²) < 4.78 is 0. The average Bonchev–Trinajstić information content (AvgIpc) is 2.17. The Morgan fingerprint density at radius 3 is 2.33 bits per heavy atom. The van der Waals surface area contributed by atoms with Crippen molar-refractivity contribution < 1.29 is 0 Å². The third-order valence-electron chi connectivity index (χ3n) is 1.53. The number of nitrogens with two attached hydrogens (primary N) is 2. The van der Waals surface area contributed by atoms with Crippen molar-refractivity contribution in [2.75, 3.05) is 0 Å². The van der Waals surface area contributed by atoms with E-state index < -0.39 is 0 Å². The van der Waals surface area contributed by atoms with Gasteiger partial charge in [0.05, 0.1) is 23.2 Å². The van der Waals surface area contributed by atoms with Crippen LogP contribution in [0.15, 0.2) is 34.3 Å². The fraction of sp³-hybridized carbons (Fsp3) is 0.100. The van der Waals surface area contributed by atoms with Crippen molar-refractivity contribution in [3.8, 4) is 6.07 Å². The maximum absolute atomic E-state index is 8.58. The van der Waals surface area contributed by atoms with Gasteiger partial charge in [0.2, 0.25) is 5.96 Å². The molecule has 0 aliphatic heterocycles. The lowest BCUT2D eigenvalue weighted by atomic mass is 10.2. The van der Waals surface area contributed by atoms with E-state index in [0.29, 0.717) is 17.1 Å². The third kappa shape index (κ3) is 3.48. The van der Waals surface area contributed by atoms with Gasteiger partial charge in [0.1, 0.15) is 0 Å². The van der Waals surface area contributed by atoms with Crippen molar-refractivity contribution >= 4 is 17.5 Å². The summed E-state index contributed by atoms with van der Waals surface area (Å²) in [6, 6.07) is 8.70. The second-order valence-corrected chi connectivity index (χ2v) is 2.88. The van der Waals surface area contributed by atoms with E-state index in [-0.39, 0.29) is 5.96 Å². The van der Waals surface area contributed by atoms with E-state index in [4.69, 9.17) is 16.7 Å². The standard InChI is InChI=1S/C10H11N5/c1-7(12)14-10(13)15-9-4-2-8(6-11)3-5-9/h2-5H,1H3,(H4,12,13,14,15). The van der Waals surface area contributed by atoms with E-state index in [0.717, 1.165) is 0 Å². The van der Waals surface area contributed by atoms with E-state index in [1.165, 1.54) is 0 Å². The molecule has 1 aromatic rings. The van der Waals surface area contributed by atoms with Crippen molar-refractivity contribution in [1.29, 1.82) is 5.26 Å². The maximum Gasteiger partial charge on any atom is 0.222 e. The molecule has 76 valence electrons. The summed E-state index contributed by atoms with van der Waals surface area (Å²) in [5.74, 6) is 0.449. The highest BCUT2D eigenvalue weighted by molar-refractivity contribution is 5.94. The number of rotatable bonds is 1. The van der Waals surface area contributed by atoms with E-state index in [2.05, 4.69) is 9.98 Å². The number of hydrogen-bond acceptors (Lipinski definition) is 2. The van der Waals surface area contributed by atoms with Crippen molar-refractivity contribution in [2.24, 2.45) is 21.5 Å². The van der Waals surface area contributed by atoms with E-state index >= 15 is 0 Å². The minimum absolute atomic E-state index is 0.0970. The Labute approximate surface area is 87.8 Å². The zero-order valence-corrected chi connectivity index (χ0v) is 8.31. The van der Waals surface area contributed by atoms with Gasteiger partial charge < -0.3 is 11.5 Å². The second kappa shape index (κ2) is 4.77. The van der Waals surface area contributed by atoms with Gasteiger partial charge in [0.15, 0.2) is 0 Å². The number of amidine groups is 1. The normalized spacial score (nSPS) is 12.3. The van der Waals surface area contributed by atoms with Crippen LogP contribution in [0, 0.1) is 11.3 Å². The predicted octanol–water partition coefficient (Wildman–Crippen LogP) is 0.882. The summed E-state index contributed by atoms with van der Waals surface area (Å²) >= 11 is 0. The molecule has 1 aromatic carbocycles. The summed E-state index contributed by atoms with van der Waals surface area (Å²) in [7, 11) is 0. The molecule has 1 rings (SSSR count). The molecule has 5 heteroatoms. The molecule has 0 aromatic heterocycles. The first-order valence-corrected chi connectivity index (χ1v) is 4.27. The van der Waals surface area contributed by atoms with Crippen molar-refractivity contribution in [2.45, 2.75) is 6.92 Å². The molecule has 0 fully saturated rings. The molecule has 0 aliphatic carbocycles. The minimum Gasteiger partial charge on any atom is -0.387 e.